The van der Waals surface area contributed by atoms with Gasteiger partial charge in [0.15, 0.2) is 6.29 Å². The number of aliphatic hydroxyl groups excluding tert-OH is 1. The Kier molecular flexibility index (Phi) is 23.3. The Morgan fingerprint density at radius 1 is 0.857 bits per heavy atom. The third-order valence-corrected chi connectivity index (χ3v) is 10.8. The first-order chi connectivity index (χ1) is 26.8. The van der Waals surface area contributed by atoms with Gasteiger partial charge in [-0.3, -0.25) is 19.7 Å². The molecule has 0 bridgehead atoms. The lowest BCUT2D eigenvalue weighted by molar-refractivity contribution is -0.176. The average Bonchev–Trinajstić information content (AvgIpc) is 3.19. The maximum Gasteiger partial charge on any atom is 0.417 e. The molecule has 0 radical (unpaired) electrons. The number of esters is 2. The second kappa shape index (κ2) is 27.0. The molecule has 56 heavy (non-hydrogen) atoms. The predicted molar refractivity (Wildman–Crippen MR) is 206 cm³/mol. The fourth-order valence-corrected chi connectivity index (χ4v) is 6.99. The van der Waals surface area contributed by atoms with Crippen LogP contribution in [0.25, 0.3) is 0 Å². The Morgan fingerprint density at radius 2 is 1.43 bits per heavy atom. The number of carboxylic acid groups (broad SMARTS) is 1. The summed E-state index contributed by atoms with van der Waals surface area (Å²) in [7, 11) is 1.54. The Bertz CT molecular complexity index is 1260. The quantitative estimate of drug-likeness (QED) is 0.0680. The number of aliphatic hydroxyl groups is 1. The van der Waals surface area contributed by atoms with Crippen molar-refractivity contribution in [3.8, 4) is 0 Å². The molecule has 320 valence electrons. The number of allylic oxidation sites excluding steroid dienone is 1. The third kappa shape index (κ3) is 18.5. The maximum atomic E-state index is 11.8. The van der Waals surface area contributed by atoms with E-state index in [9.17, 15) is 24.0 Å². The molecular weight excluding hydrogens is 730 g/mol. The summed E-state index contributed by atoms with van der Waals surface area (Å²) in [5, 5.41) is 19.5. The minimum Gasteiger partial charge on any atom is -0.480 e. The summed E-state index contributed by atoms with van der Waals surface area (Å²) in [6.07, 6.45) is 16.2. The summed E-state index contributed by atoms with van der Waals surface area (Å²) in [6, 6.07) is 0. The van der Waals surface area contributed by atoms with Crippen LogP contribution < -0.4 is 11.1 Å². The van der Waals surface area contributed by atoms with Gasteiger partial charge in [-0.05, 0) is 88.5 Å². The summed E-state index contributed by atoms with van der Waals surface area (Å²) >= 11 is 0. The highest BCUT2D eigenvalue weighted by molar-refractivity contribution is 5.95. The van der Waals surface area contributed by atoms with Crippen molar-refractivity contribution in [3.63, 3.8) is 0 Å². The molecule has 5 aliphatic rings. The molecule has 3 aliphatic carbocycles. The molecule has 2 aliphatic heterocycles. The summed E-state index contributed by atoms with van der Waals surface area (Å²) < 4.78 is 30.9. The first kappa shape index (κ1) is 48.4. The van der Waals surface area contributed by atoms with Crippen molar-refractivity contribution in [3.05, 3.63) is 11.8 Å². The van der Waals surface area contributed by atoms with Crippen molar-refractivity contribution >= 4 is 36.4 Å². The molecule has 2 heterocycles. The van der Waals surface area contributed by atoms with Crippen LogP contribution in [0, 0.1) is 29.6 Å². The Labute approximate surface area is 331 Å². The van der Waals surface area contributed by atoms with Crippen LogP contribution in [0.2, 0.25) is 0 Å². The van der Waals surface area contributed by atoms with Gasteiger partial charge in [-0.25, -0.2) is 9.59 Å². The van der Waals surface area contributed by atoms with Gasteiger partial charge >= 0.3 is 24.0 Å². The summed E-state index contributed by atoms with van der Waals surface area (Å²) in [5.74, 6) is 0.0106. The van der Waals surface area contributed by atoms with Crippen LogP contribution in [0.4, 0.5) is 4.79 Å². The van der Waals surface area contributed by atoms with E-state index in [-0.39, 0.29) is 48.2 Å². The number of ether oxygens (including phenoxy) is 6. The van der Waals surface area contributed by atoms with E-state index in [1.54, 1.807) is 20.1 Å². The van der Waals surface area contributed by atoms with Crippen LogP contribution in [0.1, 0.15) is 130 Å². The van der Waals surface area contributed by atoms with Crippen LogP contribution in [0.5, 0.6) is 0 Å². The molecule has 2 amide bonds. The topological polar surface area (TPSA) is 232 Å². The summed E-state index contributed by atoms with van der Waals surface area (Å²) in [6.45, 7) is 8.61. The molecule has 5 rings (SSSR count). The Balaban J connectivity index is 0.000000271. The highest BCUT2D eigenvalue weighted by atomic mass is 16.7. The lowest BCUT2D eigenvalue weighted by Gasteiger charge is -2.36. The first-order valence-electron chi connectivity index (χ1n) is 20.3. The van der Waals surface area contributed by atoms with Crippen LogP contribution in [0.3, 0.4) is 0 Å². The second-order valence-corrected chi connectivity index (χ2v) is 15.1. The fraction of sp³-hybridized carbons (Fsp3) is 0.800. The van der Waals surface area contributed by atoms with Crippen molar-refractivity contribution in [1.29, 1.82) is 0 Å². The standard InChI is InChI=1S/C12H19N3O5.C12H18O4.C10H18O3.C6H12O/c1-8(20-12(18)15-11(13)14-7-16)19-10(17)9-5-3-2-4-6-9;1-8-5-6-10(12(13)14)16-11(8)9-4-2-3-7-15-9;1-8(12-2)13-10(11)9-6-4-3-5-7-9;1-5-2-3-6(5)4-7/h7-9H,2-6H2,1H3,(H3,13,14,15,16,18);6,8-9,11H,2-5,7H2,1H3,(H,13,14);8-9H,3-7H2,1-2H3;5-7H,2-4H2,1H3. The van der Waals surface area contributed by atoms with Crippen molar-refractivity contribution in [2.45, 2.75) is 155 Å². The predicted octanol–water partition coefficient (Wildman–Crippen LogP) is 5.73. The second-order valence-electron chi connectivity index (χ2n) is 15.1. The van der Waals surface area contributed by atoms with E-state index in [1.165, 1.54) is 26.2 Å². The number of methoxy groups -OCH3 is 1. The van der Waals surface area contributed by atoms with Gasteiger partial charge in [0.2, 0.25) is 24.4 Å². The lowest BCUT2D eigenvalue weighted by atomic mass is 9.76. The van der Waals surface area contributed by atoms with E-state index >= 15 is 0 Å². The number of hydrogen-bond acceptors (Lipinski definition) is 12. The molecule has 0 aromatic rings. The van der Waals surface area contributed by atoms with Gasteiger partial charge in [0.25, 0.3) is 0 Å². The number of aliphatic carboxylic acids is 1. The third-order valence-electron chi connectivity index (χ3n) is 10.8. The first-order valence-corrected chi connectivity index (χ1v) is 20.3. The van der Waals surface area contributed by atoms with Gasteiger partial charge in [-0.15, -0.1) is 0 Å². The zero-order valence-corrected chi connectivity index (χ0v) is 34.0. The van der Waals surface area contributed by atoms with Gasteiger partial charge in [-0.2, -0.15) is 4.99 Å². The number of guanidine groups is 1. The van der Waals surface area contributed by atoms with E-state index in [4.69, 9.17) is 44.4 Å². The minimum absolute atomic E-state index is 0.0619. The highest BCUT2D eigenvalue weighted by Crippen LogP contribution is 2.33. The number of carbonyl (C=O) groups excluding carboxylic acids is 4. The normalized spacial score (nSPS) is 26.4. The molecule has 5 N–H and O–H groups in total. The number of hydrogen-bond donors (Lipinski definition) is 4. The van der Waals surface area contributed by atoms with Crippen LogP contribution in [0.15, 0.2) is 16.8 Å². The van der Waals surface area contributed by atoms with Gasteiger partial charge in [0, 0.05) is 27.2 Å². The zero-order valence-electron chi connectivity index (χ0n) is 34.0. The van der Waals surface area contributed by atoms with Gasteiger partial charge in [0.1, 0.15) is 6.10 Å². The fourth-order valence-electron chi connectivity index (χ4n) is 6.99. The molecule has 7 atom stereocenters. The number of carbonyl (C=O) groups is 5. The number of nitrogens with one attached hydrogen (secondary N) is 1. The molecule has 7 unspecified atom stereocenters. The van der Waals surface area contributed by atoms with Crippen LogP contribution in [-0.2, 0) is 47.6 Å². The van der Waals surface area contributed by atoms with Crippen molar-refractivity contribution < 1.29 is 62.6 Å². The molecule has 16 heteroatoms. The number of nitrogens with two attached hydrogens (primary N) is 1. The zero-order chi connectivity index (χ0) is 41.5. The van der Waals surface area contributed by atoms with Crippen molar-refractivity contribution in [2.24, 2.45) is 40.3 Å². The minimum atomic E-state index is -1.03. The highest BCUT2D eigenvalue weighted by Gasteiger charge is 2.35. The molecule has 0 spiro atoms. The van der Waals surface area contributed by atoms with E-state index in [1.807, 2.05) is 5.32 Å². The van der Waals surface area contributed by atoms with E-state index in [2.05, 4.69) is 18.8 Å². The lowest BCUT2D eigenvalue weighted by Crippen LogP contribution is -2.41. The van der Waals surface area contributed by atoms with Gasteiger partial charge in [-0.1, -0.05) is 58.8 Å². The summed E-state index contributed by atoms with van der Waals surface area (Å²) in [4.78, 5) is 58.5. The molecule has 3 saturated carbocycles. The Hall–Kier alpha value is -3.76. The van der Waals surface area contributed by atoms with Crippen molar-refractivity contribution in [1.82, 2.24) is 5.32 Å². The van der Waals surface area contributed by atoms with Crippen LogP contribution >= 0.6 is 0 Å². The SMILES string of the molecule is CC(OC(=O)NC(N)=NC=O)OC(=O)C1CCCCC1.CC1CC=C(C(=O)O)OC1C1CCCCO1.CC1CCC1CO.COC(C)OC(=O)C1CCCCC1. The molecule has 0 aromatic heterocycles. The number of aliphatic imine (C=N–C) groups is 1. The average molecular weight is 798 g/mol. The van der Waals surface area contributed by atoms with E-state index in [0.717, 1.165) is 96.0 Å². The number of amides is 2. The number of carboxylic acids is 1. The van der Waals surface area contributed by atoms with Crippen molar-refractivity contribution in [2.75, 3.05) is 20.3 Å². The smallest absolute Gasteiger partial charge is 0.417 e. The van der Waals surface area contributed by atoms with Gasteiger partial charge < -0.3 is 44.4 Å². The Morgan fingerprint density at radius 3 is 1.86 bits per heavy atom. The largest absolute Gasteiger partial charge is 0.480 e. The molecular formula is C40H67N3O13. The number of alkyl carbamates (subject to hydrolysis) is 1. The van der Waals surface area contributed by atoms with E-state index in [0.29, 0.717) is 18.4 Å². The molecule has 4 fully saturated rings. The van der Waals surface area contributed by atoms with Crippen LogP contribution in [-0.4, -0.2) is 91.7 Å². The number of rotatable bonds is 10. The molecule has 0 aromatic carbocycles. The number of nitrogens with zero attached hydrogens (tertiary/aromatic N) is 1. The molecule has 1 saturated heterocycles. The van der Waals surface area contributed by atoms with E-state index < -0.39 is 30.6 Å². The summed E-state index contributed by atoms with van der Waals surface area (Å²) in [5.41, 5.74) is 5.18. The molecule has 16 nitrogen and oxygen atoms in total. The van der Waals surface area contributed by atoms with Gasteiger partial charge in [0.05, 0.1) is 17.9 Å². The monoisotopic (exact) mass is 797 g/mol. The maximum absolute atomic E-state index is 11.8.